The van der Waals surface area contributed by atoms with E-state index < -0.39 is 0 Å². The van der Waals surface area contributed by atoms with Crippen LogP contribution in [-0.2, 0) is 11.2 Å². The Bertz CT molecular complexity index is 679. The number of Topliss-reactive ketones (excluding diaryl/α,β-unsaturated/α-hetero) is 1. The predicted octanol–water partition coefficient (Wildman–Crippen LogP) is 0.107. The molecular formula is C19H28INO4. The van der Waals surface area contributed by atoms with Gasteiger partial charge in [0, 0.05) is 11.8 Å². The third-order valence-electron chi connectivity index (χ3n) is 5.30. The Morgan fingerprint density at radius 3 is 2.60 bits per heavy atom. The first-order valence-corrected chi connectivity index (χ1v) is 8.50. The van der Waals surface area contributed by atoms with Crippen LogP contribution in [0.4, 0.5) is 0 Å². The maximum Gasteiger partial charge on any atom is 0.231 e. The molecule has 6 heteroatoms. The van der Waals surface area contributed by atoms with Crippen molar-refractivity contribution in [2.45, 2.75) is 39.7 Å². The second-order valence-corrected chi connectivity index (χ2v) is 8.36. The van der Waals surface area contributed by atoms with E-state index in [-0.39, 0.29) is 48.0 Å². The average molecular weight is 461 g/mol. The minimum absolute atomic E-state index is 0. The molecule has 2 aliphatic heterocycles. The number of fused-ring (bicyclic) bond motifs is 2. The third kappa shape index (κ3) is 3.60. The number of likely N-dealkylation sites (N-methyl/N-ethyl adjacent to an activating group) is 1. The summed E-state index contributed by atoms with van der Waals surface area (Å²) in [5, 5.41) is 0. The topological polar surface area (TPSA) is 44.8 Å². The van der Waals surface area contributed by atoms with Crippen molar-refractivity contribution in [2.24, 2.45) is 5.41 Å². The summed E-state index contributed by atoms with van der Waals surface area (Å²) in [6.45, 7) is 7.15. The number of methoxy groups -OCH3 is 1. The van der Waals surface area contributed by atoms with E-state index in [0.717, 1.165) is 34.5 Å². The van der Waals surface area contributed by atoms with Gasteiger partial charge in [-0.1, -0.05) is 20.8 Å². The summed E-state index contributed by atoms with van der Waals surface area (Å²) in [6.07, 6.45) is 1.44. The minimum Gasteiger partial charge on any atom is -1.00 e. The molecule has 0 N–H and O–H groups in total. The lowest BCUT2D eigenvalue weighted by Gasteiger charge is -2.43. The van der Waals surface area contributed by atoms with E-state index in [1.54, 1.807) is 7.11 Å². The maximum atomic E-state index is 12.8. The zero-order valence-corrected chi connectivity index (χ0v) is 18.1. The fourth-order valence-corrected chi connectivity index (χ4v) is 3.60. The Kier molecular flexibility index (Phi) is 5.64. The number of hydrogen-bond acceptors (Lipinski definition) is 4. The van der Waals surface area contributed by atoms with Crippen molar-refractivity contribution in [1.82, 2.24) is 0 Å². The molecule has 1 unspecified atom stereocenters. The monoisotopic (exact) mass is 461 g/mol. The van der Waals surface area contributed by atoms with Gasteiger partial charge in [0.25, 0.3) is 0 Å². The number of quaternary nitrogens is 1. The van der Waals surface area contributed by atoms with Gasteiger partial charge in [-0.05, 0) is 11.6 Å². The van der Waals surface area contributed by atoms with Crippen molar-refractivity contribution in [3.8, 4) is 17.2 Å². The molecule has 5 nitrogen and oxygen atoms in total. The molecule has 0 bridgehead atoms. The smallest absolute Gasteiger partial charge is 0.231 e. The van der Waals surface area contributed by atoms with Crippen LogP contribution in [0.15, 0.2) is 6.07 Å². The second-order valence-electron chi connectivity index (χ2n) is 8.36. The zero-order chi connectivity index (χ0) is 17.7. The highest BCUT2D eigenvalue weighted by Crippen LogP contribution is 2.51. The summed E-state index contributed by atoms with van der Waals surface area (Å²) < 4.78 is 17.7. The summed E-state index contributed by atoms with van der Waals surface area (Å²) in [6, 6.07) is 2.12. The molecule has 140 valence electrons. The SMILES string of the molecule is COc1c2c(cc3c1C(CC(=O)C(C)(C)C)[N+](C)(C)CC3)OCO2.[I-]. The first-order chi connectivity index (χ1) is 11.1. The fraction of sp³-hybridized carbons (Fsp3) is 0.632. The second kappa shape index (κ2) is 6.95. The summed E-state index contributed by atoms with van der Waals surface area (Å²) in [7, 11) is 6.04. The quantitative estimate of drug-likeness (QED) is 0.474. The van der Waals surface area contributed by atoms with E-state index >= 15 is 0 Å². The molecule has 0 spiro atoms. The van der Waals surface area contributed by atoms with Crippen molar-refractivity contribution in [3.63, 3.8) is 0 Å². The lowest BCUT2D eigenvalue weighted by Crippen LogP contribution is -3.00. The van der Waals surface area contributed by atoms with Gasteiger partial charge >= 0.3 is 0 Å². The molecular weight excluding hydrogens is 433 g/mol. The largest absolute Gasteiger partial charge is 1.00 e. The van der Waals surface area contributed by atoms with Crippen LogP contribution < -0.4 is 38.2 Å². The van der Waals surface area contributed by atoms with Crippen LogP contribution in [0.3, 0.4) is 0 Å². The number of halogens is 1. The minimum atomic E-state index is -0.346. The Morgan fingerprint density at radius 1 is 1.32 bits per heavy atom. The van der Waals surface area contributed by atoms with Crippen LogP contribution in [0.1, 0.15) is 44.4 Å². The number of ether oxygens (including phenoxy) is 3. The molecule has 1 aromatic rings. The molecule has 2 heterocycles. The summed E-state index contributed by atoms with van der Waals surface area (Å²) in [5.41, 5.74) is 1.97. The van der Waals surface area contributed by atoms with E-state index in [1.165, 1.54) is 5.56 Å². The summed E-state index contributed by atoms with van der Waals surface area (Å²) >= 11 is 0. The van der Waals surface area contributed by atoms with Crippen molar-refractivity contribution in [1.29, 1.82) is 0 Å². The van der Waals surface area contributed by atoms with Crippen LogP contribution in [0.2, 0.25) is 0 Å². The van der Waals surface area contributed by atoms with E-state index in [2.05, 4.69) is 20.2 Å². The average Bonchev–Trinajstić information content (AvgIpc) is 2.95. The van der Waals surface area contributed by atoms with Gasteiger partial charge in [0.2, 0.25) is 12.5 Å². The van der Waals surface area contributed by atoms with Crippen molar-refractivity contribution < 1.29 is 47.5 Å². The molecule has 0 radical (unpaired) electrons. The van der Waals surface area contributed by atoms with Crippen molar-refractivity contribution >= 4 is 5.78 Å². The van der Waals surface area contributed by atoms with Gasteiger partial charge in [-0.15, -0.1) is 0 Å². The number of rotatable bonds is 3. The molecule has 0 amide bonds. The Labute approximate surface area is 167 Å². The normalized spacial score (nSPS) is 20.5. The Balaban J connectivity index is 0.00000225. The number of ketones is 1. The first-order valence-electron chi connectivity index (χ1n) is 8.50. The molecule has 1 aromatic carbocycles. The van der Waals surface area contributed by atoms with Gasteiger partial charge < -0.3 is 42.7 Å². The molecule has 0 saturated carbocycles. The molecule has 0 aromatic heterocycles. The Hall–Kier alpha value is -1.02. The first kappa shape index (κ1) is 20.3. The summed E-state index contributed by atoms with van der Waals surface area (Å²) in [5.74, 6) is 2.42. The van der Waals surface area contributed by atoms with Gasteiger partial charge in [-0.2, -0.15) is 0 Å². The zero-order valence-electron chi connectivity index (χ0n) is 15.9. The number of hydrogen-bond donors (Lipinski definition) is 0. The number of carbonyl (C=O) groups is 1. The molecule has 2 aliphatic rings. The van der Waals surface area contributed by atoms with E-state index in [1.807, 2.05) is 20.8 Å². The van der Waals surface area contributed by atoms with Gasteiger partial charge in [0.15, 0.2) is 11.5 Å². The summed E-state index contributed by atoms with van der Waals surface area (Å²) in [4.78, 5) is 12.8. The van der Waals surface area contributed by atoms with E-state index in [4.69, 9.17) is 14.2 Å². The molecule has 0 aliphatic carbocycles. The van der Waals surface area contributed by atoms with Crippen molar-refractivity contribution in [2.75, 3.05) is 34.5 Å². The molecule has 3 rings (SSSR count). The third-order valence-corrected chi connectivity index (χ3v) is 5.30. The predicted molar refractivity (Wildman–Crippen MR) is 91.6 cm³/mol. The molecule has 0 saturated heterocycles. The van der Waals surface area contributed by atoms with Crippen molar-refractivity contribution in [3.05, 3.63) is 17.2 Å². The maximum absolute atomic E-state index is 12.8. The highest BCUT2D eigenvalue weighted by molar-refractivity contribution is 5.84. The van der Waals surface area contributed by atoms with Crippen LogP contribution in [0.5, 0.6) is 17.2 Å². The molecule has 0 fully saturated rings. The lowest BCUT2D eigenvalue weighted by molar-refractivity contribution is -0.922. The van der Waals surface area contributed by atoms with Crippen LogP contribution >= 0.6 is 0 Å². The van der Waals surface area contributed by atoms with Crippen LogP contribution in [0.25, 0.3) is 0 Å². The highest BCUT2D eigenvalue weighted by Gasteiger charge is 2.43. The highest BCUT2D eigenvalue weighted by atomic mass is 127. The van der Waals surface area contributed by atoms with E-state index in [0.29, 0.717) is 12.2 Å². The Morgan fingerprint density at radius 2 is 2.00 bits per heavy atom. The van der Waals surface area contributed by atoms with Gasteiger partial charge in [0.1, 0.15) is 11.8 Å². The van der Waals surface area contributed by atoms with Gasteiger partial charge in [-0.25, -0.2) is 0 Å². The van der Waals surface area contributed by atoms with Crippen LogP contribution in [-0.4, -0.2) is 44.8 Å². The number of benzene rings is 1. The molecule has 1 atom stereocenters. The van der Waals surface area contributed by atoms with Crippen LogP contribution in [0, 0.1) is 5.41 Å². The van der Waals surface area contributed by atoms with Gasteiger partial charge in [0.05, 0.1) is 39.7 Å². The number of nitrogens with zero attached hydrogens (tertiary/aromatic N) is 1. The van der Waals surface area contributed by atoms with Gasteiger partial charge in [-0.3, -0.25) is 4.79 Å². The molecule has 25 heavy (non-hydrogen) atoms. The fourth-order valence-electron chi connectivity index (χ4n) is 3.60. The number of carbonyl (C=O) groups excluding carboxylic acids is 1. The standard InChI is InChI=1S/C19H28NO4.HI/c1-19(2,3)15(21)10-13-16-12(7-8-20(13,4)5)9-14-17(18(16)22-6)24-11-23-14;/h9,13H,7-8,10-11H2,1-6H3;1H/q+1;/p-1. The van der Waals surface area contributed by atoms with E-state index in [9.17, 15) is 4.79 Å². The lowest BCUT2D eigenvalue weighted by atomic mass is 9.81.